The number of fused-ring (bicyclic) bond motifs is 3. The van der Waals surface area contributed by atoms with Gasteiger partial charge in [0.25, 0.3) is 11.3 Å². The Bertz CT molecular complexity index is 1460. The minimum atomic E-state index is -0.273. The van der Waals surface area contributed by atoms with Crippen LogP contribution in [0.1, 0.15) is 5.82 Å². The summed E-state index contributed by atoms with van der Waals surface area (Å²) in [6, 6.07) is 18.0. The van der Waals surface area contributed by atoms with E-state index in [0.717, 1.165) is 10.8 Å². The summed E-state index contributed by atoms with van der Waals surface area (Å²) in [5.74, 6) is 0.716. The molecule has 136 valence electrons. The Kier molecular flexibility index (Phi) is 3.45. The molecule has 0 aliphatic heterocycles. The number of aromatic nitrogens is 4. The van der Waals surface area contributed by atoms with Crippen LogP contribution in [0.5, 0.6) is 5.75 Å². The lowest BCUT2D eigenvalue weighted by atomic mass is 10.1. The second-order valence-corrected chi connectivity index (χ2v) is 6.35. The molecule has 0 aliphatic rings. The van der Waals surface area contributed by atoms with E-state index >= 15 is 0 Å². The molecule has 0 fully saturated rings. The van der Waals surface area contributed by atoms with Crippen LogP contribution in [-0.2, 0) is 0 Å². The number of hydrogen-bond donors (Lipinski definition) is 1. The third-order valence-electron chi connectivity index (χ3n) is 4.59. The Hall–Kier alpha value is -4.07. The fraction of sp³-hybridized carbons (Fsp3) is 0.0500. The lowest BCUT2D eigenvalue weighted by Crippen LogP contribution is -2.15. The standard InChI is InChI=1S/C20H14N6O2/c1-12-23-26-19(28)15-8-4-5-9-16(15)21-20(26)25(12)24-22-18-14-7-3-2-6-13(14)10-11-17(18)27/h2-11,27H,1H3. The first kappa shape index (κ1) is 16.1. The van der Waals surface area contributed by atoms with E-state index in [9.17, 15) is 9.90 Å². The van der Waals surface area contributed by atoms with Gasteiger partial charge in [-0.25, -0.2) is 4.98 Å². The second-order valence-electron chi connectivity index (χ2n) is 6.35. The van der Waals surface area contributed by atoms with Crippen molar-refractivity contribution in [3.8, 4) is 5.75 Å². The third-order valence-corrected chi connectivity index (χ3v) is 4.59. The van der Waals surface area contributed by atoms with Gasteiger partial charge >= 0.3 is 0 Å². The molecule has 0 unspecified atom stereocenters. The maximum Gasteiger partial charge on any atom is 0.283 e. The van der Waals surface area contributed by atoms with Gasteiger partial charge in [-0.1, -0.05) is 47.7 Å². The summed E-state index contributed by atoms with van der Waals surface area (Å²) in [6.45, 7) is 1.71. The van der Waals surface area contributed by atoms with Gasteiger partial charge in [0.05, 0.1) is 10.9 Å². The average molecular weight is 370 g/mol. The summed E-state index contributed by atoms with van der Waals surface area (Å²) in [7, 11) is 0. The molecule has 0 atom stereocenters. The van der Waals surface area contributed by atoms with Crippen molar-refractivity contribution in [2.45, 2.75) is 6.92 Å². The van der Waals surface area contributed by atoms with Crippen LogP contribution in [0.25, 0.3) is 27.5 Å². The van der Waals surface area contributed by atoms with Gasteiger partial charge in [-0.15, -0.1) is 10.2 Å². The van der Waals surface area contributed by atoms with Crippen molar-refractivity contribution in [2.24, 2.45) is 10.3 Å². The van der Waals surface area contributed by atoms with Crippen LogP contribution in [0, 0.1) is 6.92 Å². The first-order valence-electron chi connectivity index (χ1n) is 8.63. The van der Waals surface area contributed by atoms with Gasteiger partial charge in [-0.3, -0.25) is 4.79 Å². The van der Waals surface area contributed by atoms with Crippen LogP contribution in [0.4, 0.5) is 5.69 Å². The monoisotopic (exact) mass is 370 g/mol. The van der Waals surface area contributed by atoms with Crippen LogP contribution in [0.2, 0.25) is 0 Å². The fourth-order valence-electron chi connectivity index (χ4n) is 3.21. The Balaban J connectivity index is 1.74. The zero-order valence-electron chi connectivity index (χ0n) is 14.8. The largest absolute Gasteiger partial charge is 0.506 e. The molecule has 0 aliphatic carbocycles. The van der Waals surface area contributed by atoms with E-state index in [1.54, 1.807) is 31.2 Å². The first-order chi connectivity index (χ1) is 13.6. The molecule has 0 saturated carbocycles. The Labute approximate surface area is 158 Å². The van der Waals surface area contributed by atoms with E-state index in [2.05, 4.69) is 20.4 Å². The van der Waals surface area contributed by atoms with Crippen molar-refractivity contribution in [3.05, 3.63) is 76.8 Å². The summed E-state index contributed by atoms with van der Waals surface area (Å²) in [5.41, 5.74) is 0.620. The van der Waals surface area contributed by atoms with Crippen LogP contribution >= 0.6 is 0 Å². The number of nitrogens with zero attached hydrogens (tertiary/aromatic N) is 6. The van der Waals surface area contributed by atoms with Gasteiger partial charge in [-0.05, 0) is 30.5 Å². The van der Waals surface area contributed by atoms with Crippen molar-refractivity contribution in [3.63, 3.8) is 0 Å². The molecule has 28 heavy (non-hydrogen) atoms. The molecule has 0 spiro atoms. The van der Waals surface area contributed by atoms with Gasteiger partial charge in [-0.2, -0.15) is 9.19 Å². The molecular weight excluding hydrogens is 356 g/mol. The maximum atomic E-state index is 12.7. The molecule has 0 bridgehead atoms. The molecule has 5 aromatic rings. The zero-order valence-corrected chi connectivity index (χ0v) is 14.8. The number of para-hydroxylation sites is 1. The molecule has 8 nitrogen and oxygen atoms in total. The third kappa shape index (κ3) is 2.35. The van der Waals surface area contributed by atoms with E-state index in [-0.39, 0.29) is 17.1 Å². The molecular formula is C20H14N6O2. The minimum absolute atomic E-state index is 0.0140. The molecule has 3 aromatic carbocycles. The van der Waals surface area contributed by atoms with Crippen molar-refractivity contribution in [1.29, 1.82) is 0 Å². The summed E-state index contributed by atoms with van der Waals surface area (Å²) < 4.78 is 2.59. The highest BCUT2D eigenvalue weighted by atomic mass is 16.3. The van der Waals surface area contributed by atoms with Gasteiger partial charge < -0.3 is 5.11 Å². The number of aromatic hydroxyl groups is 1. The number of phenolic OH excluding ortho intramolecular Hbond substituents is 1. The Morgan fingerprint density at radius 1 is 0.964 bits per heavy atom. The van der Waals surface area contributed by atoms with Crippen LogP contribution < -0.4 is 5.56 Å². The Morgan fingerprint density at radius 2 is 1.71 bits per heavy atom. The summed E-state index contributed by atoms with van der Waals surface area (Å²) >= 11 is 0. The highest BCUT2D eigenvalue weighted by Gasteiger charge is 2.14. The molecule has 0 amide bonds. The maximum absolute atomic E-state index is 12.7. The molecule has 5 rings (SSSR count). The lowest BCUT2D eigenvalue weighted by molar-refractivity contribution is 0.476. The van der Waals surface area contributed by atoms with Gasteiger partial charge in [0, 0.05) is 5.39 Å². The summed E-state index contributed by atoms with van der Waals surface area (Å²) in [5, 5.41) is 25.1. The Morgan fingerprint density at radius 3 is 2.57 bits per heavy atom. The molecule has 0 saturated heterocycles. The van der Waals surface area contributed by atoms with Crippen molar-refractivity contribution >= 4 is 33.1 Å². The van der Waals surface area contributed by atoms with Crippen LogP contribution in [-0.4, -0.2) is 24.4 Å². The fourth-order valence-corrected chi connectivity index (χ4v) is 3.21. The van der Waals surface area contributed by atoms with E-state index in [1.165, 1.54) is 9.19 Å². The molecule has 8 heteroatoms. The molecule has 0 radical (unpaired) electrons. The zero-order chi connectivity index (χ0) is 19.3. The number of hydrogen-bond acceptors (Lipinski definition) is 6. The van der Waals surface area contributed by atoms with E-state index in [0.29, 0.717) is 22.4 Å². The van der Waals surface area contributed by atoms with E-state index in [1.807, 2.05) is 36.4 Å². The van der Waals surface area contributed by atoms with Crippen molar-refractivity contribution in [1.82, 2.24) is 19.3 Å². The predicted molar refractivity (Wildman–Crippen MR) is 105 cm³/mol. The van der Waals surface area contributed by atoms with E-state index < -0.39 is 0 Å². The highest BCUT2D eigenvalue weighted by Crippen LogP contribution is 2.35. The van der Waals surface area contributed by atoms with Crippen molar-refractivity contribution in [2.75, 3.05) is 0 Å². The topological polar surface area (TPSA) is 97.1 Å². The normalized spacial score (nSPS) is 11.9. The second kappa shape index (κ2) is 5.98. The number of phenols is 1. The molecule has 1 N–H and O–H groups in total. The average Bonchev–Trinajstić information content (AvgIpc) is 3.03. The summed E-state index contributed by atoms with van der Waals surface area (Å²) in [4.78, 5) is 17.2. The van der Waals surface area contributed by atoms with Crippen molar-refractivity contribution < 1.29 is 5.11 Å². The quantitative estimate of drug-likeness (QED) is 0.479. The SMILES string of the molecule is Cc1nn2c(=O)c3ccccc3nc2n1N=Nc1c(O)ccc2ccccc12. The molecule has 2 aromatic heterocycles. The van der Waals surface area contributed by atoms with Crippen LogP contribution in [0.15, 0.2) is 75.8 Å². The predicted octanol–water partition coefficient (Wildman–Crippen LogP) is 3.76. The number of aryl methyl sites for hydroxylation is 1. The van der Waals surface area contributed by atoms with Gasteiger partial charge in [0.15, 0.2) is 5.82 Å². The smallest absolute Gasteiger partial charge is 0.283 e. The van der Waals surface area contributed by atoms with Crippen LogP contribution in [0.3, 0.4) is 0 Å². The summed E-state index contributed by atoms with van der Waals surface area (Å²) in [6.07, 6.45) is 0. The van der Waals surface area contributed by atoms with Gasteiger partial charge in [0.2, 0.25) is 0 Å². The minimum Gasteiger partial charge on any atom is -0.506 e. The van der Waals surface area contributed by atoms with Gasteiger partial charge in [0.1, 0.15) is 11.4 Å². The van der Waals surface area contributed by atoms with E-state index in [4.69, 9.17) is 0 Å². The number of benzene rings is 3. The highest BCUT2D eigenvalue weighted by molar-refractivity contribution is 5.95. The lowest BCUT2D eigenvalue weighted by Gasteiger charge is -2.04. The molecule has 2 heterocycles. The number of rotatable bonds is 2. The first-order valence-corrected chi connectivity index (χ1v) is 8.63.